The third-order valence-electron chi connectivity index (χ3n) is 0. The van der Waals surface area contributed by atoms with Crippen LogP contribution in [0.2, 0.25) is 0 Å². The Hall–Kier alpha value is 3.92. The van der Waals surface area contributed by atoms with Gasteiger partial charge in [-0.15, -0.1) is 0 Å². The van der Waals surface area contributed by atoms with Gasteiger partial charge < -0.3 is 0 Å². The van der Waals surface area contributed by atoms with Crippen molar-refractivity contribution in [1.82, 2.24) is 0 Å². The Bertz CT molecular complexity index is 8.00. The van der Waals surface area contributed by atoms with Gasteiger partial charge in [0.25, 0.3) is 0 Å². The van der Waals surface area contributed by atoms with Gasteiger partial charge in [-0.3, -0.25) is 0 Å². The predicted molar refractivity (Wildman–Crippen MR) is 11.5 cm³/mol. The third kappa shape index (κ3) is 9.33. The molecular formula is BiGeHoTm. The molecule has 9 radical (unpaired) electrons. The molecule has 0 N–H and O–H groups in total. The second-order valence-corrected chi connectivity index (χ2v) is 0. The molecule has 0 unspecified atom stereocenters. The molecular weight excluding hydrogens is 615 g/mol. The smallest absolute Gasteiger partial charge is 0 e. The molecule has 0 saturated carbocycles. The zero-order valence-electron chi connectivity index (χ0n) is 1.53. The summed E-state index contributed by atoms with van der Waals surface area (Å²) in [6.45, 7) is 0. The van der Waals surface area contributed by atoms with Crippen molar-refractivity contribution in [2.75, 3.05) is 0 Å². The van der Waals surface area contributed by atoms with E-state index in [4.69, 9.17) is 0 Å². The predicted octanol–water partition coefficient (Wildman–Crippen LogP) is -0.762. The van der Waals surface area contributed by atoms with Crippen molar-refractivity contribution in [3.05, 3.63) is 0 Å². The summed E-state index contributed by atoms with van der Waals surface area (Å²) in [5.41, 5.74) is 0. The van der Waals surface area contributed by atoms with Crippen molar-refractivity contribution >= 4 is 43.8 Å². The van der Waals surface area contributed by atoms with E-state index in [1.165, 1.54) is 0 Å². The molecule has 0 rings (SSSR count). The maximum Gasteiger partial charge on any atom is 0 e. The molecule has 0 aliphatic rings. The Morgan fingerprint density at radius 1 is 1.00 bits per heavy atom. The quantitative estimate of drug-likeness (QED) is 0.315. The Morgan fingerprint density at radius 2 is 1.00 bits per heavy atom. The molecule has 0 atom stereocenters. The second-order valence-electron chi connectivity index (χ2n) is 0. The number of hydrogen-bond donors (Lipinski definition) is 0. The number of hydrogen-bond acceptors (Lipinski definition) is 0. The second kappa shape index (κ2) is 15.8. The number of rotatable bonds is 0. The monoisotopic (exact) mass is 617 g/mol. The Labute approximate surface area is 115 Å². The fourth-order valence-electron chi connectivity index (χ4n) is 0. The van der Waals surface area contributed by atoms with E-state index in [9.17, 15) is 0 Å². The van der Waals surface area contributed by atoms with Crippen molar-refractivity contribution < 1.29 is 74.6 Å². The summed E-state index contributed by atoms with van der Waals surface area (Å²) in [4.78, 5) is 0. The molecule has 0 spiro atoms. The van der Waals surface area contributed by atoms with Crippen LogP contribution in [0.15, 0.2) is 0 Å². The van der Waals surface area contributed by atoms with Gasteiger partial charge in [-0.1, -0.05) is 0 Å². The normalized spacial score (nSPS) is 0. The van der Waals surface area contributed by atoms with Crippen molar-refractivity contribution in [2.45, 2.75) is 0 Å². The van der Waals surface area contributed by atoms with Crippen molar-refractivity contribution in [2.24, 2.45) is 0 Å². The molecule has 4 heavy (non-hydrogen) atoms. The summed E-state index contributed by atoms with van der Waals surface area (Å²) < 4.78 is 0. The first-order valence-corrected chi connectivity index (χ1v) is 0. The van der Waals surface area contributed by atoms with Gasteiger partial charge in [-0.25, -0.2) is 0 Å². The standard InChI is InChI=1S/Bi.Ge.Ho.Tm. The summed E-state index contributed by atoms with van der Waals surface area (Å²) >= 11 is 0. The van der Waals surface area contributed by atoms with E-state index in [0.29, 0.717) is 0 Å². The van der Waals surface area contributed by atoms with Crippen molar-refractivity contribution in [3.63, 3.8) is 0 Å². The van der Waals surface area contributed by atoms with Crippen LogP contribution in [0.5, 0.6) is 0 Å². The Morgan fingerprint density at radius 3 is 1.00 bits per heavy atom. The van der Waals surface area contributed by atoms with Gasteiger partial charge in [0.15, 0.2) is 0 Å². The summed E-state index contributed by atoms with van der Waals surface area (Å²) in [6.07, 6.45) is 0. The molecule has 0 nitrogen and oxygen atoms in total. The molecule has 0 aliphatic carbocycles. The van der Waals surface area contributed by atoms with Gasteiger partial charge in [-0.2, -0.15) is 0 Å². The van der Waals surface area contributed by atoms with Crippen LogP contribution in [-0.4, -0.2) is 43.8 Å². The zero-order chi connectivity index (χ0) is 0. The zero-order valence-corrected chi connectivity index (χ0v) is 10.8. The molecule has 0 aromatic carbocycles. The fourth-order valence-corrected chi connectivity index (χ4v) is 0. The van der Waals surface area contributed by atoms with E-state index in [2.05, 4.69) is 0 Å². The van der Waals surface area contributed by atoms with E-state index in [-0.39, 0.29) is 118 Å². The molecule has 33 valence electrons. The Kier molecular flexibility index (Phi) is 97.4. The maximum absolute atomic E-state index is 0. The summed E-state index contributed by atoms with van der Waals surface area (Å²) in [5, 5.41) is 0. The van der Waals surface area contributed by atoms with E-state index < -0.39 is 0 Å². The van der Waals surface area contributed by atoms with Crippen LogP contribution >= 0.6 is 0 Å². The molecule has 0 heterocycles. The molecule has 4 heteroatoms. The SMILES string of the molecule is [Bi].[Ge].[Ho].[Tm]. The van der Waals surface area contributed by atoms with Crippen LogP contribution in [0, 0.1) is 74.6 Å². The summed E-state index contributed by atoms with van der Waals surface area (Å²) in [5.74, 6) is 0. The van der Waals surface area contributed by atoms with E-state index in [0.717, 1.165) is 0 Å². The molecule has 0 amide bonds. The molecule has 0 aliphatic heterocycles. The minimum absolute atomic E-state index is 0. The average Bonchev–Trinajstić information content (AvgIpc) is 0. The van der Waals surface area contributed by atoms with Crippen LogP contribution in [-0.2, 0) is 0 Å². The first kappa shape index (κ1) is 24.7. The van der Waals surface area contributed by atoms with Crippen LogP contribution in [0.3, 0.4) is 0 Å². The topological polar surface area (TPSA) is 0 Å². The third-order valence-corrected chi connectivity index (χ3v) is 0. The largest absolute Gasteiger partial charge is 0 e. The van der Waals surface area contributed by atoms with Gasteiger partial charge in [0.05, 0.1) is 0 Å². The van der Waals surface area contributed by atoms with Gasteiger partial charge in [-0.05, 0) is 0 Å². The van der Waals surface area contributed by atoms with Gasteiger partial charge >= 0.3 is 0 Å². The van der Waals surface area contributed by atoms with E-state index >= 15 is 0 Å². The van der Waals surface area contributed by atoms with Crippen LogP contribution in [0.1, 0.15) is 0 Å². The Balaban J connectivity index is 0. The van der Waals surface area contributed by atoms with Crippen molar-refractivity contribution in [3.8, 4) is 0 Å². The fraction of sp³-hybridized carbons (Fsp3) is 0. The molecule has 0 saturated heterocycles. The first-order chi connectivity index (χ1) is 0. The average molecular weight is 615 g/mol. The molecule has 0 fully saturated rings. The van der Waals surface area contributed by atoms with Gasteiger partial charge in [0, 0.05) is 118 Å². The summed E-state index contributed by atoms with van der Waals surface area (Å²) in [7, 11) is 0. The van der Waals surface area contributed by atoms with Crippen LogP contribution in [0.4, 0.5) is 0 Å². The molecule has 0 bridgehead atoms. The van der Waals surface area contributed by atoms with Crippen LogP contribution < -0.4 is 0 Å². The van der Waals surface area contributed by atoms with E-state index in [1.807, 2.05) is 0 Å². The minimum Gasteiger partial charge on any atom is 0 e. The molecule has 0 aromatic heterocycles. The summed E-state index contributed by atoms with van der Waals surface area (Å²) in [6, 6.07) is 0. The van der Waals surface area contributed by atoms with Crippen molar-refractivity contribution in [1.29, 1.82) is 0 Å². The van der Waals surface area contributed by atoms with Gasteiger partial charge in [0.1, 0.15) is 0 Å². The molecule has 0 aromatic rings. The maximum atomic E-state index is 0. The van der Waals surface area contributed by atoms with E-state index in [1.54, 1.807) is 0 Å². The van der Waals surface area contributed by atoms with Gasteiger partial charge in [0.2, 0.25) is 0 Å². The minimum atomic E-state index is 0. The van der Waals surface area contributed by atoms with Crippen LogP contribution in [0.25, 0.3) is 0 Å². The first-order valence-electron chi connectivity index (χ1n) is 0.